The van der Waals surface area contributed by atoms with Gasteiger partial charge in [0.05, 0.1) is 12.0 Å². The van der Waals surface area contributed by atoms with Crippen LogP contribution < -0.4 is 5.32 Å². The van der Waals surface area contributed by atoms with Gasteiger partial charge in [0.2, 0.25) is 0 Å². The van der Waals surface area contributed by atoms with Crippen LogP contribution in [0.5, 0.6) is 0 Å². The summed E-state index contributed by atoms with van der Waals surface area (Å²) in [5, 5.41) is 6.28. The van der Waals surface area contributed by atoms with Gasteiger partial charge in [0.1, 0.15) is 5.01 Å². The van der Waals surface area contributed by atoms with Crippen LogP contribution in [0.25, 0.3) is 0 Å². The van der Waals surface area contributed by atoms with Crippen LogP contribution in [-0.4, -0.2) is 17.2 Å². The fraction of sp³-hybridized carbons (Fsp3) is 0.750. The van der Waals surface area contributed by atoms with Crippen molar-refractivity contribution in [3.05, 3.63) is 16.6 Å². The van der Waals surface area contributed by atoms with Crippen LogP contribution in [0.3, 0.4) is 0 Å². The van der Waals surface area contributed by atoms with Gasteiger partial charge in [-0.3, -0.25) is 0 Å². The Hall–Kier alpha value is -0.620. The molecule has 0 amide bonds. The summed E-state index contributed by atoms with van der Waals surface area (Å²) in [5.74, 6) is -1.11. The summed E-state index contributed by atoms with van der Waals surface area (Å²) in [6, 6.07) is 0.305. The minimum absolute atomic E-state index is 0.123. The monoisotopic (exact) mass is 278 g/mol. The molecule has 18 heavy (non-hydrogen) atoms. The van der Waals surface area contributed by atoms with Crippen molar-refractivity contribution in [3.63, 3.8) is 0 Å². The van der Waals surface area contributed by atoms with E-state index < -0.39 is 12.1 Å². The van der Waals surface area contributed by atoms with Gasteiger partial charge in [-0.05, 0) is 32.6 Å². The number of nitrogens with one attached hydrogen (secondary N) is 1. The Bertz CT molecular complexity index is 356. The maximum Gasteiger partial charge on any atom is 0.391 e. The number of hydrogen-bond acceptors (Lipinski definition) is 3. The Kier molecular flexibility index (Phi) is 4.27. The molecule has 1 aliphatic rings. The molecule has 0 aliphatic heterocycles. The highest BCUT2D eigenvalue weighted by molar-refractivity contribution is 7.09. The first kappa shape index (κ1) is 13.8. The molecule has 0 bridgehead atoms. The number of thiazole rings is 1. The first-order valence-corrected chi connectivity index (χ1v) is 7.07. The van der Waals surface area contributed by atoms with Gasteiger partial charge in [0.25, 0.3) is 0 Å². The van der Waals surface area contributed by atoms with E-state index in [4.69, 9.17) is 0 Å². The van der Waals surface area contributed by atoms with Crippen LogP contribution in [0.4, 0.5) is 13.2 Å². The normalized spacial score (nSPS) is 27.1. The Morgan fingerprint density at radius 1 is 1.33 bits per heavy atom. The highest BCUT2D eigenvalue weighted by Crippen LogP contribution is 2.37. The minimum atomic E-state index is -4.02. The fourth-order valence-corrected chi connectivity index (χ4v) is 3.12. The number of rotatable bonds is 3. The maximum absolute atomic E-state index is 12.5. The number of halogens is 3. The molecule has 6 heteroatoms. The van der Waals surface area contributed by atoms with Crippen LogP contribution >= 0.6 is 11.3 Å². The third-order valence-corrected chi connectivity index (χ3v) is 4.46. The van der Waals surface area contributed by atoms with E-state index in [0.717, 1.165) is 5.01 Å². The van der Waals surface area contributed by atoms with Crippen molar-refractivity contribution in [1.82, 2.24) is 10.3 Å². The molecule has 1 atom stereocenters. The van der Waals surface area contributed by atoms with Crippen LogP contribution in [0, 0.1) is 5.92 Å². The minimum Gasteiger partial charge on any atom is -0.305 e. The molecule has 1 saturated carbocycles. The predicted octanol–water partition coefficient (Wildman–Crippen LogP) is 3.91. The van der Waals surface area contributed by atoms with E-state index in [2.05, 4.69) is 10.3 Å². The van der Waals surface area contributed by atoms with Gasteiger partial charge in [-0.25, -0.2) is 4.98 Å². The summed E-state index contributed by atoms with van der Waals surface area (Å²) in [5.41, 5.74) is 0. The van der Waals surface area contributed by atoms with E-state index in [-0.39, 0.29) is 24.9 Å². The third kappa shape index (κ3) is 3.45. The molecule has 0 saturated heterocycles. The number of aromatic nitrogens is 1. The average molecular weight is 278 g/mol. The molecule has 0 spiro atoms. The first-order chi connectivity index (χ1) is 8.47. The molecule has 1 aromatic rings. The van der Waals surface area contributed by atoms with Gasteiger partial charge < -0.3 is 5.32 Å². The second-order valence-corrected chi connectivity index (χ2v) is 5.78. The smallest absolute Gasteiger partial charge is 0.305 e. The molecule has 0 radical (unpaired) electrons. The maximum atomic E-state index is 12.5. The van der Waals surface area contributed by atoms with E-state index in [1.54, 1.807) is 17.5 Å². The molecule has 2 rings (SSSR count). The van der Waals surface area contributed by atoms with Crippen molar-refractivity contribution < 1.29 is 13.2 Å². The van der Waals surface area contributed by atoms with E-state index in [1.807, 2.05) is 12.3 Å². The molecular weight excluding hydrogens is 261 g/mol. The van der Waals surface area contributed by atoms with Crippen molar-refractivity contribution in [2.75, 3.05) is 0 Å². The highest BCUT2D eigenvalue weighted by Gasteiger charge is 2.41. The zero-order valence-corrected chi connectivity index (χ0v) is 11.0. The van der Waals surface area contributed by atoms with E-state index in [9.17, 15) is 13.2 Å². The predicted molar refractivity (Wildman–Crippen MR) is 65.5 cm³/mol. The molecule has 1 aliphatic carbocycles. The largest absolute Gasteiger partial charge is 0.391 e. The van der Waals surface area contributed by atoms with Gasteiger partial charge in [-0.1, -0.05) is 0 Å². The summed E-state index contributed by atoms with van der Waals surface area (Å²) in [6.45, 7) is 2.01. The topological polar surface area (TPSA) is 24.9 Å². The zero-order chi connectivity index (χ0) is 13.2. The van der Waals surface area contributed by atoms with Gasteiger partial charge in [-0.2, -0.15) is 13.2 Å². The summed E-state index contributed by atoms with van der Waals surface area (Å²) >= 11 is 1.57. The second-order valence-electron chi connectivity index (χ2n) is 4.85. The molecule has 1 N–H and O–H groups in total. The molecule has 1 fully saturated rings. The lowest BCUT2D eigenvalue weighted by Gasteiger charge is -2.31. The van der Waals surface area contributed by atoms with Crippen molar-refractivity contribution in [1.29, 1.82) is 0 Å². The third-order valence-electron chi connectivity index (χ3n) is 3.50. The molecule has 1 aromatic heterocycles. The van der Waals surface area contributed by atoms with Gasteiger partial charge >= 0.3 is 6.18 Å². The summed E-state index contributed by atoms with van der Waals surface area (Å²) in [7, 11) is 0. The van der Waals surface area contributed by atoms with Gasteiger partial charge in [0.15, 0.2) is 0 Å². The van der Waals surface area contributed by atoms with E-state index in [0.29, 0.717) is 12.8 Å². The molecule has 2 nitrogen and oxygen atoms in total. The molecule has 1 unspecified atom stereocenters. The van der Waals surface area contributed by atoms with E-state index in [1.165, 1.54) is 0 Å². The van der Waals surface area contributed by atoms with Crippen molar-refractivity contribution in [3.8, 4) is 0 Å². The van der Waals surface area contributed by atoms with Crippen LogP contribution in [0.2, 0.25) is 0 Å². The van der Waals surface area contributed by atoms with Crippen molar-refractivity contribution in [2.24, 2.45) is 5.92 Å². The lowest BCUT2D eigenvalue weighted by molar-refractivity contribution is -0.182. The zero-order valence-electron chi connectivity index (χ0n) is 10.2. The number of alkyl halides is 3. The standard InChI is InChI=1S/C12H17F3N2S/c1-8(11-16-6-7-18-11)17-10-4-2-9(3-5-10)12(13,14)15/h6-10,17H,2-5H2,1H3. The summed E-state index contributed by atoms with van der Waals surface area (Å²) < 4.78 is 37.6. The Labute approximate surface area is 109 Å². The number of hydrogen-bond donors (Lipinski definition) is 1. The molecule has 1 heterocycles. The fourth-order valence-electron chi connectivity index (χ4n) is 2.46. The van der Waals surface area contributed by atoms with Crippen molar-refractivity contribution in [2.45, 2.75) is 50.9 Å². The quantitative estimate of drug-likeness (QED) is 0.906. The first-order valence-electron chi connectivity index (χ1n) is 6.19. The Morgan fingerprint density at radius 2 is 2.00 bits per heavy atom. The Balaban J connectivity index is 1.80. The van der Waals surface area contributed by atoms with Crippen LogP contribution in [0.15, 0.2) is 11.6 Å². The highest BCUT2D eigenvalue weighted by atomic mass is 32.1. The van der Waals surface area contributed by atoms with Gasteiger partial charge in [0, 0.05) is 17.6 Å². The lowest BCUT2D eigenvalue weighted by Crippen LogP contribution is -2.38. The Morgan fingerprint density at radius 3 is 2.50 bits per heavy atom. The number of nitrogens with zero attached hydrogens (tertiary/aromatic N) is 1. The molecular formula is C12H17F3N2S. The SMILES string of the molecule is CC(NC1CCC(C(F)(F)F)CC1)c1nccs1. The molecule has 0 aromatic carbocycles. The average Bonchev–Trinajstić information content (AvgIpc) is 2.82. The molecule has 102 valence electrons. The van der Waals surface area contributed by atoms with Crippen molar-refractivity contribution >= 4 is 11.3 Å². The second kappa shape index (κ2) is 5.57. The summed E-state index contributed by atoms with van der Waals surface area (Å²) in [6.07, 6.45) is -0.595. The van der Waals surface area contributed by atoms with E-state index >= 15 is 0 Å². The van der Waals surface area contributed by atoms with Crippen LogP contribution in [0.1, 0.15) is 43.7 Å². The summed E-state index contributed by atoms with van der Waals surface area (Å²) in [4.78, 5) is 4.21. The van der Waals surface area contributed by atoms with Crippen LogP contribution in [-0.2, 0) is 0 Å². The lowest BCUT2D eigenvalue weighted by atomic mass is 9.85. The van der Waals surface area contributed by atoms with Gasteiger partial charge in [-0.15, -0.1) is 11.3 Å².